The Morgan fingerprint density at radius 1 is 1.00 bits per heavy atom. The maximum atomic E-state index is 12.8. The fraction of sp³-hybridized carbons (Fsp3) is 0.481. The van der Waals surface area contributed by atoms with Crippen molar-refractivity contribution >= 4 is 29.0 Å². The second-order valence-corrected chi connectivity index (χ2v) is 11.2. The number of rotatable bonds is 8. The van der Waals surface area contributed by atoms with E-state index in [0.29, 0.717) is 11.4 Å². The molecule has 2 atom stereocenters. The molecule has 1 amide bonds. The van der Waals surface area contributed by atoms with Crippen LogP contribution in [0.25, 0.3) is 11.1 Å². The van der Waals surface area contributed by atoms with E-state index in [1.165, 1.54) is 0 Å². The molecule has 1 saturated carbocycles. The van der Waals surface area contributed by atoms with Crippen LogP contribution in [0.3, 0.4) is 0 Å². The summed E-state index contributed by atoms with van der Waals surface area (Å²) in [6.07, 6.45) is 3.77. The summed E-state index contributed by atoms with van der Waals surface area (Å²) in [7, 11) is 0. The first-order valence-electron chi connectivity index (χ1n) is 12.2. The minimum Gasteiger partial charge on any atom is -0.755 e. The zero-order valence-electron chi connectivity index (χ0n) is 21.5. The van der Waals surface area contributed by atoms with Crippen molar-refractivity contribution in [3.63, 3.8) is 0 Å². The summed E-state index contributed by atoms with van der Waals surface area (Å²) >= 11 is -2.69. The number of amides is 1. The summed E-state index contributed by atoms with van der Waals surface area (Å²) in [5.41, 5.74) is 1.33. The van der Waals surface area contributed by atoms with Gasteiger partial charge in [-0.3, -0.25) is 8.51 Å². The summed E-state index contributed by atoms with van der Waals surface area (Å²) in [5, 5.41) is 2.89. The maximum absolute atomic E-state index is 12.8. The lowest BCUT2D eigenvalue weighted by molar-refractivity contribution is -0.157. The van der Waals surface area contributed by atoms with Crippen molar-refractivity contribution in [2.24, 2.45) is 5.92 Å². The predicted molar refractivity (Wildman–Crippen MR) is 139 cm³/mol. The van der Waals surface area contributed by atoms with Crippen LogP contribution in [0, 0.1) is 5.92 Å². The molecule has 9 heteroatoms. The molecule has 2 unspecified atom stereocenters. The van der Waals surface area contributed by atoms with Gasteiger partial charge < -0.3 is 19.3 Å². The van der Waals surface area contributed by atoms with Gasteiger partial charge in [-0.1, -0.05) is 51.0 Å². The van der Waals surface area contributed by atoms with Gasteiger partial charge in [0.05, 0.1) is 0 Å². The van der Waals surface area contributed by atoms with Crippen molar-refractivity contribution in [1.82, 2.24) is 5.32 Å². The molecular weight excluding hydrogens is 480 g/mol. The highest BCUT2D eigenvalue weighted by Crippen LogP contribution is 2.29. The molecule has 0 spiro atoms. The van der Waals surface area contributed by atoms with Crippen molar-refractivity contribution in [1.29, 1.82) is 0 Å². The number of benzene rings is 2. The van der Waals surface area contributed by atoms with E-state index in [4.69, 9.17) is 9.47 Å². The minimum atomic E-state index is -2.69. The Kier molecular flexibility index (Phi) is 9.13. The van der Waals surface area contributed by atoms with E-state index in [-0.39, 0.29) is 12.0 Å². The fourth-order valence-electron chi connectivity index (χ4n) is 4.23. The minimum absolute atomic E-state index is 0.184. The first kappa shape index (κ1) is 27.7. The van der Waals surface area contributed by atoms with Crippen molar-refractivity contribution in [3.05, 3.63) is 48.5 Å². The van der Waals surface area contributed by atoms with Gasteiger partial charge in [0.25, 0.3) is 0 Å². The molecule has 2 aromatic carbocycles. The third-order valence-electron chi connectivity index (χ3n) is 5.89. The highest BCUT2D eigenvalue weighted by molar-refractivity contribution is 7.80. The Balaban J connectivity index is 1.73. The molecule has 3 rings (SSSR count). The standard InChI is InChI=1S/C27H36N2O6S/c1-18(2)24(25(30)35-27(3,4)5)29(36(32)33)22-14-10-19(11-15-22)20-12-16-23(17-13-20)34-26(31)28-21-8-6-7-9-21/h10-18,21,24H,6-9H2,1-5H3,(H,28,31)(H,32,33)/p-1. The number of nitrogens with zero attached hydrogens (tertiary/aromatic N) is 1. The molecular formula is C27H35N2O6S-. The number of hydrogen-bond acceptors (Lipinski definition) is 6. The lowest BCUT2D eigenvalue weighted by Gasteiger charge is -2.36. The van der Waals surface area contributed by atoms with Gasteiger partial charge in [-0.25, -0.2) is 9.59 Å². The van der Waals surface area contributed by atoms with Gasteiger partial charge in [0.1, 0.15) is 17.4 Å². The van der Waals surface area contributed by atoms with Crippen LogP contribution in [-0.4, -0.2) is 38.5 Å². The van der Waals surface area contributed by atoms with Crippen LogP contribution in [0.1, 0.15) is 60.3 Å². The van der Waals surface area contributed by atoms with E-state index in [1.54, 1.807) is 71.0 Å². The topological polar surface area (TPSA) is 108 Å². The van der Waals surface area contributed by atoms with E-state index in [2.05, 4.69) is 5.32 Å². The zero-order chi connectivity index (χ0) is 26.5. The van der Waals surface area contributed by atoms with E-state index in [9.17, 15) is 18.4 Å². The van der Waals surface area contributed by atoms with Gasteiger partial charge in [-0.05, 0) is 74.9 Å². The molecule has 0 heterocycles. The van der Waals surface area contributed by atoms with Crippen LogP contribution in [0.15, 0.2) is 48.5 Å². The third kappa shape index (κ3) is 7.54. The number of esters is 1. The van der Waals surface area contributed by atoms with E-state index in [1.807, 2.05) is 12.1 Å². The molecule has 0 radical (unpaired) electrons. The number of nitrogens with one attached hydrogen (secondary N) is 1. The second-order valence-electron chi connectivity index (χ2n) is 10.4. The zero-order valence-corrected chi connectivity index (χ0v) is 22.3. The van der Waals surface area contributed by atoms with Gasteiger partial charge in [0, 0.05) is 23.0 Å². The third-order valence-corrected chi connectivity index (χ3v) is 6.65. The summed E-state index contributed by atoms with van der Waals surface area (Å²) in [5.74, 6) is -0.467. The monoisotopic (exact) mass is 515 g/mol. The van der Waals surface area contributed by atoms with Crippen molar-refractivity contribution < 1.29 is 27.8 Å². The number of carbonyl (C=O) groups is 2. The highest BCUT2D eigenvalue weighted by atomic mass is 32.2. The molecule has 1 N–H and O–H groups in total. The average Bonchev–Trinajstić information content (AvgIpc) is 3.29. The summed E-state index contributed by atoms with van der Waals surface area (Å²) in [4.78, 5) is 24.9. The first-order valence-corrected chi connectivity index (χ1v) is 13.3. The van der Waals surface area contributed by atoms with Gasteiger partial charge in [-0.2, -0.15) is 0 Å². The Labute approximate surface area is 215 Å². The van der Waals surface area contributed by atoms with Crippen molar-refractivity contribution in [3.8, 4) is 16.9 Å². The molecule has 1 aliphatic rings. The van der Waals surface area contributed by atoms with Crippen LogP contribution in [-0.2, 0) is 20.8 Å². The lowest BCUT2D eigenvalue weighted by Crippen LogP contribution is -2.48. The molecule has 36 heavy (non-hydrogen) atoms. The van der Waals surface area contributed by atoms with Crippen molar-refractivity contribution in [2.75, 3.05) is 4.31 Å². The number of ether oxygens (including phenoxy) is 2. The Morgan fingerprint density at radius 3 is 2.00 bits per heavy atom. The van der Waals surface area contributed by atoms with Crippen LogP contribution in [0.5, 0.6) is 5.75 Å². The normalized spacial score (nSPS) is 15.9. The van der Waals surface area contributed by atoms with Gasteiger partial charge in [0.15, 0.2) is 0 Å². The molecule has 0 aromatic heterocycles. The van der Waals surface area contributed by atoms with Crippen LogP contribution in [0.4, 0.5) is 10.5 Å². The largest absolute Gasteiger partial charge is 0.755 e. The molecule has 1 aliphatic carbocycles. The fourth-order valence-corrected chi connectivity index (χ4v) is 5.04. The molecule has 2 aromatic rings. The smallest absolute Gasteiger partial charge is 0.412 e. The van der Waals surface area contributed by atoms with Crippen LogP contribution in [0.2, 0.25) is 0 Å². The van der Waals surface area contributed by atoms with Crippen molar-refractivity contribution in [2.45, 2.75) is 78.0 Å². The molecule has 0 aliphatic heterocycles. The predicted octanol–water partition coefficient (Wildman–Crippen LogP) is 5.35. The summed E-state index contributed by atoms with van der Waals surface area (Å²) < 4.78 is 36.3. The number of carbonyl (C=O) groups excluding carboxylic acids is 2. The molecule has 196 valence electrons. The molecule has 0 saturated heterocycles. The molecule has 8 nitrogen and oxygen atoms in total. The average molecular weight is 516 g/mol. The highest BCUT2D eigenvalue weighted by Gasteiger charge is 2.34. The second kappa shape index (κ2) is 11.9. The quantitative estimate of drug-likeness (QED) is 0.375. The summed E-state index contributed by atoms with van der Waals surface area (Å²) in [6.45, 7) is 8.79. The number of anilines is 1. The van der Waals surface area contributed by atoms with E-state index in [0.717, 1.165) is 41.1 Å². The Morgan fingerprint density at radius 2 is 1.53 bits per heavy atom. The van der Waals surface area contributed by atoms with Crippen LogP contribution < -0.4 is 14.4 Å². The summed E-state index contributed by atoms with van der Waals surface area (Å²) in [6, 6.07) is 13.2. The number of hydrogen-bond donors (Lipinski definition) is 1. The maximum Gasteiger partial charge on any atom is 0.412 e. The molecule has 0 bridgehead atoms. The Hall–Kier alpha value is -2.91. The van der Waals surface area contributed by atoms with Gasteiger partial charge in [-0.15, -0.1) is 0 Å². The van der Waals surface area contributed by atoms with Crippen LogP contribution >= 0.6 is 0 Å². The van der Waals surface area contributed by atoms with Gasteiger partial charge in [0.2, 0.25) is 0 Å². The Bertz CT molecular complexity index is 1060. The lowest BCUT2D eigenvalue weighted by atomic mass is 10.0. The molecule has 1 fully saturated rings. The van der Waals surface area contributed by atoms with E-state index >= 15 is 0 Å². The first-order chi connectivity index (χ1) is 16.9. The van der Waals surface area contributed by atoms with Gasteiger partial charge >= 0.3 is 12.1 Å². The van der Waals surface area contributed by atoms with E-state index < -0.39 is 35.0 Å². The SMILES string of the molecule is CC(C)C(C(=O)OC(C)(C)C)N(c1ccc(-c2ccc(OC(=O)NC3CCCC3)cc2)cc1)S(=O)[O-].